The van der Waals surface area contributed by atoms with Gasteiger partial charge in [-0.05, 0) is 43.5 Å². The Labute approximate surface area is 237 Å². The summed E-state index contributed by atoms with van der Waals surface area (Å²) in [7, 11) is 3.02. The average Bonchev–Trinajstić information content (AvgIpc) is 3.74. The monoisotopic (exact) mass is 577 g/mol. The Kier molecular flexibility index (Phi) is 6.87. The molecule has 0 amide bonds. The molecular weight excluding hydrogens is 551 g/mol. The number of methoxy groups -OCH3 is 1. The van der Waals surface area contributed by atoms with Gasteiger partial charge >= 0.3 is 6.18 Å². The molecule has 1 aliphatic rings. The van der Waals surface area contributed by atoms with Gasteiger partial charge in [0.05, 0.1) is 31.5 Å². The molecule has 0 aliphatic heterocycles. The maximum Gasteiger partial charge on any atom is 0.434 e. The zero-order valence-electron chi connectivity index (χ0n) is 23.0. The molecule has 6 rings (SSSR count). The summed E-state index contributed by atoms with van der Waals surface area (Å²) in [5.74, 6) is 1.44. The second-order valence-corrected chi connectivity index (χ2v) is 9.97. The van der Waals surface area contributed by atoms with E-state index in [9.17, 15) is 18.0 Å². The van der Waals surface area contributed by atoms with Crippen molar-refractivity contribution < 1.29 is 22.6 Å². The summed E-state index contributed by atoms with van der Waals surface area (Å²) < 4.78 is 54.0. The number of ether oxygens (including phenoxy) is 2. The highest BCUT2D eigenvalue weighted by Crippen LogP contribution is 2.45. The standard InChI is InChI=1S/C29H26F3N7O3/c1-4-42-20-11-16(5-9-19(20)27-36-21(14-38(27)2)29(30,31)32)13-39-22(40)10-8-18-12-33-25(37-26(18)39)23-24(17-6-7-17)34-15-35-28(23)41-3/h5,8-12,14-15,17H,4,6-7,13H2,1-3H3. The summed E-state index contributed by atoms with van der Waals surface area (Å²) in [6.45, 7) is 2.18. The minimum Gasteiger partial charge on any atom is -0.493 e. The number of aromatic nitrogens is 7. The lowest BCUT2D eigenvalue weighted by Crippen LogP contribution is -2.21. The Bertz CT molecular complexity index is 1860. The highest BCUT2D eigenvalue weighted by atomic mass is 19.4. The van der Waals surface area contributed by atoms with Crippen LogP contribution in [-0.2, 0) is 19.8 Å². The normalized spacial score (nSPS) is 13.5. The SMILES string of the molecule is CCOc1cc(Cn2c(=O)ccc3cnc(-c4c(OC)ncnc4C4CC4)nc32)ccc1-c1nc(C(F)(F)F)cn1C. The molecule has 0 unspecified atom stereocenters. The molecule has 4 aromatic heterocycles. The van der Waals surface area contributed by atoms with Crippen molar-refractivity contribution in [1.82, 2.24) is 34.1 Å². The van der Waals surface area contributed by atoms with E-state index in [0.717, 1.165) is 24.7 Å². The predicted molar refractivity (Wildman–Crippen MR) is 147 cm³/mol. The van der Waals surface area contributed by atoms with Crippen LogP contribution in [-0.4, -0.2) is 47.8 Å². The number of fused-ring (bicyclic) bond motifs is 1. The van der Waals surface area contributed by atoms with Crippen molar-refractivity contribution in [3.63, 3.8) is 0 Å². The van der Waals surface area contributed by atoms with E-state index in [0.29, 0.717) is 45.2 Å². The molecule has 0 spiro atoms. The number of hydrogen-bond donors (Lipinski definition) is 0. The highest BCUT2D eigenvalue weighted by molar-refractivity contribution is 5.78. The van der Waals surface area contributed by atoms with E-state index in [1.807, 2.05) is 0 Å². The third kappa shape index (κ3) is 5.06. The van der Waals surface area contributed by atoms with E-state index in [1.165, 1.54) is 35.7 Å². The Morgan fingerprint density at radius 1 is 1.07 bits per heavy atom. The average molecular weight is 578 g/mol. The van der Waals surface area contributed by atoms with E-state index in [-0.39, 0.29) is 30.5 Å². The zero-order valence-corrected chi connectivity index (χ0v) is 23.0. The molecule has 42 heavy (non-hydrogen) atoms. The first-order valence-corrected chi connectivity index (χ1v) is 13.3. The lowest BCUT2D eigenvalue weighted by atomic mass is 10.1. The van der Waals surface area contributed by atoms with Gasteiger partial charge in [-0.2, -0.15) is 13.2 Å². The van der Waals surface area contributed by atoms with Crippen molar-refractivity contribution in [2.45, 2.75) is 38.4 Å². The second-order valence-electron chi connectivity index (χ2n) is 9.97. The van der Waals surface area contributed by atoms with Crippen molar-refractivity contribution in [3.8, 4) is 34.4 Å². The van der Waals surface area contributed by atoms with E-state index in [1.54, 1.807) is 37.4 Å². The maximum atomic E-state index is 13.3. The molecule has 5 aromatic rings. The number of imidazole rings is 1. The van der Waals surface area contributed by atoms with Crippen molar-refractivity contribution in [2.24, 2.45) is 7.05 Å². The Hall–Kier alpha value is -4.81. The van der Waals surface area contributed by atoms with Crippen molar-refractivity contribution in [2.75, 3.05) is 13.7 Å². The van der Waals surface area contributed by atoms with Gasteiger partial charge in [0.1, 0.15) is 29.1 Å². The Morgan fingerprint density at radius 3 is 2.57 bits per heavy atom. The minimum absolute atomic E-state index is 0.113. The summed E-state index contributed by atoms with van der Waals surface area (Å²) in [5.41, 5.74) is 1.62. The summed E-state index contributed by atoms with van der Waals surface area (Å²) in [5, 5.41) is 0.650. The van der Waals surface area contributed by atoms with Gasteiger partial charge in [-0.25, -0.2) is 24.9 Å². The van der Waals surface area contributed by atoms with Crippen LogP contribution in [0.2, 0.25) is 0 Å². The largest absolute Gasteiger partial charge is 0.493 e. The van der Waals surface area contributed by atoms with Crippen molar-refractivity contribution >= 4 is 11.0 Å². The van der Waals surface area contributed by atoms with Crippen LogP contribution in [0, 0.1) is 0 Å². The van der Waals surface area contributed by atoms with E-state index < -0.39 is 11.9 Å². The van der Waals surface area contributed by atoms with Crippen LogP contribution >= 0.6 is 0 Å². The molecule has 13 heteroatoms. The second kappa shape index (κ2) is 10.5. The molecule has 0 bridgehead atoms. The summed E-state index contributed by atoms with van der Waals surface area (Å²) in [4.78, 5) is 35.0. The molecular formula is C29H26F3N7O3. The van der Waals surface area contributed by atoms with Crippen LogP contribution in [0.5, 0.6) is 11.6 Å². The van der Waals surface area contributed by atoms with E-state index in [4.69, 9.17) is 14.5 Å². The van der Waals surface area contributed by atoms with Gasteiger partial charge in [0.25, 0.3) is 5.56 Å². The smallest absolute Gasteiger partial charge is 0.434 e. The molecule has 10 nitrogen and oxygen atoms in total. The molecule has 1 fully saturated rings. The quantitative estimate of drug-likeness (QED) is 0.254. The Balaban J connectivity index is 1.43. The molecule has 0 N–H and O–H groups in total. The lowest BCUT2D eigenvalue weighted by Gasteiger charge is -2.15. The van der Waals surface area contributed by atoms with Crippen molar-refractivity contribution in [1.29, 1.82) is 0 Å². The fraction of sp³-hybridized carbons (Fsp3) is 0.310. The van der Waals surface area contributed by atoms with Gasteiger partial charge < -0.3 is 14.0 Å². The fourth-order valence-electron chi connectivity index (χ4n) is 4.92. The van der Waals surface area contributed by atoms with Crippen LogP contribution < -0.4 is 15.0 Å². The predicted octanol–water partition coefficient (Wildman–Crippen LogP) is 5.00. The molecule has 0 atom stereocenters. The van der Waals surface area contributed by atoms with Crippen molar-refractivity contribution in [3.05, 3.63) is 76.4 Å². The first-order valence-electron chi connectivity index (χ1n) is 13.3. The summed E-state index contributed by atoms with van der Waals surface area (Å²) >= 11 is 0. The minimum atomic E-state index is -4.58. The first kappa shape index (κ1) is 27.4. The van der Waals surface area contributed by atoms with Gasteiger partial charge in [0, 0.05) is 36.8 Å². The van der Waals surface area contributed by atoms with Gasteiger partial charge in [0.2, 0.25) is 5.88 Å². The lowest BCUT2D eigenvalue weighted by molar-refractivity contribution is -0.140. The van der Waals surface area contributed by atoms with Crippen LogP contribution in [0.3, 0.4) is 0 Å². The fourth-order valence-corrected chi connectivity index (χ4v) is 4.92. The van der Waals surface area contributed by atoms with Gasteiger partial charge in [-0.3, -0.25) is 9.36 Å². The third-order valence-electron chi connectivity index (χ3n) is 7.04. The number of hydrogen-bond acceptors (Lipinski definition) is 8. The molecule has 0 radical (unpaired) electrons. The number of aryl methyl sites for hydroxylation is 1. The summed E-state index contributed by atoms with van der Waals surface area (Å²) in [6.07, 6.45) is 1.46. The molecule has 216 valence electrons. The third-order valence-corrected chi connectivity index (χ3v) is 7.04. The van der Waals surface area contributed by atoms with E-state index in [2.05, 4.69) is 19.9 Å². The topological polar surface area (TPSA) is 110 Å². The first-order chi connectivity index (χ1) is 20.2. The molecule has 1 saturated carbocycles. The highest BCUT2D eigenvalue weighted by Gasteiger charge is 2.35. The van der Waals surface area contributed by atoms with Crippen LogP contribution in [0.15, 0.2) is 53.8 Å². The zero-order chi connectivity index (χ0) is 29.6. The summed E-state index contributed by atoms with van der Waals surface area (Å²) in [6, 6.07) is 8.18. The maximum absolute atomic E-state index is 13.3. The van der Waals surface area contributed by atoms with Gasteiger partial charge in [-0.1, -0.05) is 6.07 Å². The number of pyridine rings is 1. The van der Waals surface area contributed by atoms with Crippen LogP contribution in [0.4, 0.5) is 13.2 Å². The molecule has 0 saturated heterocycles. The Morgan fingerprint density at radius 2 is 1.88 bits per heavy atom. The molecule has 1 aliphatic carbocycles. The number of halogens is 3. The number of rotatable bonds is 8. The van der Waals surface area contributed by atoms with Gasteiger partial charge in [-0.15, -0.1) is 0 Å². The van der Waals surface area contributed by atoms with Gasteiger partial charge in [0.15, 0.2) is 11.5 Å². The number of alkyl halides is 3. The van der Waals surface area contributed by atoms with Crippen LogP contribution in [0.25, 0.3) is 33.8 Å². The van der Waals surface area contributed by atoms with E-state index >= 15 is 0 Å². The molecule has 4 heterocycles. The number of nitrogens with zero attached hydrogens (tertiary/aromatic N) is 7. The number of benzene rings is 1. The van der Waals surface area contributed by atoms with Crippen LogP contribution in [0.1, 0.15) is 42.6 Å². The molecule has 1 aromatic carbocycles.